The molecule has 1 fully saturated rings. The van der Waals surface area contributed by atoms with E-state index in [2.05, 4.69) is 0 Å². The smallest absolute Gasteiger partial charge is 0.168 e. The average molecular weight is 267 g/mol. The Hall–Kier alpha value is -1.46. The summed E-state index contributed by atoms with van der Waals surface area (Å²) in [7, 11) is 1.40. The molecule has 4 nitrogen and oxygen atoms in total. The maximum Gasteiger partial charge on any atom is 0.168 e. The van der Waals surface area contributed by atoms with Gasteiger partial charge in [-0.15, -0.1) is 0 Å². The van der Waals surface area contributed by atoms with Gasteiger partial charge in [0, 0.05) is 19.6 Å². The third kappa shape index (κ3) is 2.93. The first kappa shape index (κ1) is 14.0. The van der Waals surface area contributed by atoms with Gasteiger partial charge in [0.2, 0.25) is 0 Å². The Morgan fingerprint density at radius 1 is 1.47 bits per heavy atom. The largest absolute Gasteiger partial charge is 0.494 e. The highest BCUT2D eigenvalue weighted by molar-refractivity contribution is 5.90. The van der Waals surface area contributed by atoms with E-state index in [1.807, 2.05) is 0 Å². The Morgan fingerprint density at radius 2 is 2.16 bits per heavy atom. The van der Waals surface area contributed by atoms with Crippen LogP contribution in [0.25, 0.3) is 0 Å². The van der Waals surface area contributed by atoms with Gasteiger partial charge in [-0.05, 0) is 24.5 Å². The number of carbonyl (C=O) groups excluding carboxylic acids is 1. The first-order valence-corrected chi connectivity index (χ1v) is 6.28. The molecule has 0 unspecified atom stereocenters. The molecule has 0 bridgehead atoms. The number of nitrogens with two attached hydrogens (primary N) is 1. The predicted octanol–water partition coefficient (Wildman–Crippen LogP) is 1.45. The minimum Gasteiger partial charge on any atom is -0.494 e. The molecule has 0 saturated carbocycles. The molecule has 1 aliphatic rings. The molecule has 0 radical (unpaired) electrons. The van der Waals surface area contributed by atoms with Gasteiger partial charge in [-0.2, -0.15) is 0 Å². The third-order valence-corrected chi connectivity index (χ3v) is 3.55. The highest BCUT2D eigenvalue weighted by atomic mass is 19.1. The minimum absolute atomic E-state index is 0.0144. The molecular formula is C14H18FNO3. The standard InChI is InChI=1S/C14H18FNO3/c1-18-11-4-2-3-10(13(11)15)9-12(17)14(16)5-7-19-8-6-14/h2-4H,5-9,16H2,1H3. The van der Waals surface area contributed by atoms with Crippen molar-refractivity contribution in [3.8, 4) is 5.75 Å². The van der Waals surface area contributed by atoms with Crippen molar-refractivity contribution in [3.63, 3.8) is 0 Å². The molecule has 0 aliphatic carbocycles. The van der Waals surface area contributed by atoms with Gasteiger partial charge in [0.25, 0.3) is 0 Å². The van der Waals surface area contributed by atoms with Crippen molar-refractivity contribution >= 4 is 5.78 Å². The van der Waals surface area contributed by atoms with Gasteiger partial charge >= 0.3 is 0 Å². The van der Waals surface area contributed by atoms with Crippen LogP contribution in [0.4, 0.5) is 4.39 Å². The second-order valence-electron chi connectivity index (χ2n) is 4.80. The topological polar surface area (TPSA) is 61.5 Å². The molecule has 1 aromatic rings. The van der Waals surface area contributed by atoms with Gasteiger partial charge in [-0.3, -0.25) is 4.79 Å². The zero-order valence-electron chi connectivity index (χ0n) is 10.9. The lowest BCUT2D eigenvalue weighted by Crippen LogP contribution is -2.52. The number of hydrogen-bond acceptors (Lipinski definition) is 4. The fourth-order valence-corrected chi connectivity index (χ4v) is 2.21. The van der Waals surface area contributed by atoms with E-state index in [1.54, 1.807) is 12.1 Å². The van der Waals surface area contributed by atoms with Gasteiger partial charge in [0.15, 0.2) is 17.3 Å². The number of rotatable bonds is 4. The van der Waals surface area contributed by atoms with E-state index in [-0.39, 0.29) is 18.0 Å². The van der Waals surface area contributed by atoms with E-state index in [4.69, 9.17) is 15.2 Å². The van der Waals surface area contributed by atoms with Gasteiger partial charge in [0.05, 0.1) is 12.6 Å². The summed E-state index contributed by atoms with van der Waals surface area (Å²) < 4.78 is 24.1. The second kappa shape index (κ2) is 5.67. The molecule has 1 aromatic carbocycles. The van der Waals surface area contributed by atoms with Crippen LogP contribution in [0, 0.1) is 5.82 Å². The highest BCUT2D eigenvalue weighted by Gasteiger charge is 2.35. The molecule has 0 amide bonds. The maximum absolute atomic E-state index is 14.0. The van der Waals surface area contributed by atoms with Crippen molar-refractivity contribution in [1.29, 1.82) is 0 Å². The van der Waals surface area contributed by atoms with Crippen molar-refractivity contribution in [2.24, 2.45) is 5.73 Å². The normalized spacial score (nSPS) is 18.1. The molecule has 5 heteroatoms. The number of methoxy groups -OCH3 is 1. The van der Waals surface area contributed by atoms with Crippen LogP contribution in [0.2, 0.25) is 0 Å². The Balaban J connectivity index is 2.14. The van der Waals surface area contributed by atoms with Crippen molar-refractivity contribution in [3.05, 3.63) is 29.6 Å². The zero-order valence-corrected chi connectivity index (χ0v) is 10.9. The number of Topliss-reactive ketones (excluding diaryl/α,β-unsaturated/α-hetero) is 1. The summed E-state index contributed by atoms with van der Waals surface area (Å²) in [6.07, 6.45) is 0.953. The van der Waals surface area contributed by atoms with Crippen molar-refractivity contribution in [1.82, 2.24) is 0 Å². The molecule has 19 heavy (non-hydrogen) atoms. The minimum atomic E-state index is -0.895. The van der Waals surface area contributed by atoms with Gasteiger partial charge in [0.1, 0.15) is 0 Å². The van der Waals surface area contributed by atoms with Crippen LogP contribution < -0.4 is 10.5 Å². The zero-order chi connectivity index (χ0) is 13.9. The molecule has 0 spiro atoms. The lowest BCUT2D eigenvalue weighted by molar-refractivity contribution is -0.126. The van der Waals surface area contributed by atoms with Crippen molar-refractivity contribution in [2.45, 2.75) is 24.8 Å². The Morgan fingerprint density at radius 3 is 2.79 bits per heavy atom. The van der Waals surface area contributed by atoms with Crippen LogP contribution in [0.1, 0.15) is 18.4 Å². The number of ether oxygens (including phenoxy) is 2. The molecule has 2 N–H and O–H groups in total. The number of ketones is 1. The molecule has 0 atom stereocenters. The molecule has 1 heterocycles. The molecule has 1 aliphatic heterocycles. The summed E-state index contributed by atoms with van der Waals surface area (Å²) in [6.45, 7) is 0.950. The van der Waals surface area contributed by atoms with Gasteiger partial charge in [-0.25, -0.2) is 4.39 Å². The fourth-order valence-electron chi connectivity index (χ4n) is 2.21. The van der Waals surface area contributed by atoms with E-state index >= 15 is 0 Å². The summed E-state index contributed by atoms with van der Waals surface area (Å²) in [6, 6.07) is 4.77. The van der Waals surface area contributed by atoms with E-state index in [0.717, 1.165) is 0 Å². The molecule has 104 valence electrons. The van der Waals surface area contributed by atoms with E-state index in [0.29, 0.717) is 31.6 Å². The number of carbonyl (C=O) groups is 1. The first-order chi connectivity index (χ1) is 9.07. The van der Waals surface area contributed by atoms with Crippen molar-refractivity contribution in [2.75, 3.05) is 20.3 Å². The molecule has 2 rings (SSSR count). The van der Waals surface area contributed by atoms with Crippen LogP contribution in [0.15, 0.2) is 18.2 Å². The van der Waals surface area contributed by atoms with Crippen LogP contribution >= 0.6 is 0 Å². The number of halogens is 1. The SMILES string of the molecule is COc1cccc(CC(=O)C2(N)CCOCC2)c1F. The second-order valence-corrected chi connectivity index (χ2v) is 4.80. The molecule has 1 saturated heterocycles. The number of hydrogen-bond donors (Lipinski definition) is 1. The van der Waals surface area contributed by atoms with Crippen LogP contribution in [-0.2, 0) is 16.0 Å². The van der Waals surface area contributed by atoms with E-state index < -0.39 is 11.4 Å². The summed E-state index contributed by atoms with van der Waals surface area (Å²) in [5, 5.41) is 0. The lowest BCUT2D eigenvalue weighted by Gasteiger charge is -2.31. The Bertz CT molecular complexity index is 470. The molecule has 0 aromatic heterocycles. The summed E-state index contributed by atoms with van der Waals surface area (Å²) in [5.74, 6) is -0.500. The fraction of sp³-hybridized carbons (Fsp3) is 0.500. The first-order valence-electron chi connectivity index (χ1n) is 6.28. The third-order valence-electron chi connectivity index (χ3n) is 3.55. The van der Waals surface area contributed by atoms with Gasteiger partial charge < -0.3 is 15.2 Å². The van der Waals surface area contributed by atoms with Gasteiger partial charge in [-0.1, -0.05) is 12.1 Å². The van der Waals surface area contributed by atoms with Crippen LogP contribution in [-0.4, -0.2) is 31.6 Å². The summed E-state index contributed by atoms with van der Waals surface area (Å²) >= 11 is 0. The highest BCUT2D eigenvalue weighted by Crippen LogP contribution is 2.24. The quantitative estimate of drug-likeness (QED) is 0.897. The molecular weight excluding hydrogens is 249 g/mol. The Labute approximate surface area is 111 Å². The number of benzene rings is 1. The van der Waals surface area contributed by atoms with E-state index in [1.165, 1.54) is 13.2 Å². The average Bonchev–Trinajstić information content (AvgIpc) is 2.42. The lowest BCUT2D eigenvalue weighted by atomic mass is 9.84. The van der Waals surface area contributed by atoms with Crippen LogP contribution in [0.5, 0.6) is 5.75 Å². The van der Waals surface area contributed by atoms with Crippen molar-refractivity contribution < 1.29 is 18.7 Å². The van der Waals surface area contributed by atoms with E-state index in [9.17, 15) is 9.18 Å². The summed E-state index contributed by atoms with van der Waals surface area (Å²) in [4.78, 5) is 12.3. The Kier molecular flexibility index (Phi) is 4.17. The summed E-state index contributed by atoms with van der Waals surface area (Å²) in [5.41, 5.74) is 5.51. The maximum atomic E-state index is 14.0. The van der Waals surface area contributed by atoms with Crippen LogP contribution in [0.3, 0.4) is 0 Å². The predicted molar refractivity (Wildman–Crippen MR) is 68.6 cm³/mol. The monoisotopic (exact) mass is 267 g/mol.